The highest BCUT2D eigenvalue weighted by Crippen LogP contribution is 2.48. The quantitative estimate of drug-likeness (QED) is 0.638. The third-order valence-corrected chi connectivity index (χ3v) is 3.21. The first-order valence-electron chi connectivity index (χ1n) is 5.84. The van der Waals surface area contributed by atoms with Crippen molar-refractivity contribution in [3.05, 3.63) is 34.4 Å². The molecule has 0 saturated heterocycles. The van der Waals surface area contributed by atoms with Gasteiger partial charge in [0, 0.05) is 0 Å². The Morgan fingerprint density at radius 1 is 1.31 bits per heavy atom. The van der Waals surface area contributed by atoms with E-state index in [-0.39, 0.29) is 11.3 Å². The Bertz CT molecular complexity index is 386. The fourth-order valence-corrected chi connectivity index (χ4v) is 2.38. The summed E-state index contributed by atoms with van der Waals surface area (Å²) >= 11 is 0. The number of hydrogen-bond acceptors (Lipinski definition) is 1. The van der Waals surface area contributed by atoms with Crippen LogP contribution < -0.4 is 0 Å². The Morgan fingerprint density at radius 3 is 2.25 bits per heavy atom. The van der Waals surface area contributed by atoms with E-state index in [2.05, 4.69) is 46.8 Å². The Balaban J connectivity index is 3.21. The van der Waals surface area contributed by atoms with E-state index in [0.29, 0.717) is 0 Å². The molecule has 0 spiro atoms. The second-order valence-electron chi connectivity index (χ2n) is 5.55. The minimum atomic E-state index is 0.0177. The van der Waals surface area contributed by atoms with Gasteiger partial charge in [-0.2, -0.15) is 0 Å². The molecule has 1 nitrogen and oxygen atoms in total. The summed E-state index contributed by atoms with van der Waals surface area (Å²) in [4.78, 5) is 11.1. The van der Waals surface area contributed by atoms with Gasteiger partial charge in [0.2, 0.25) is 0 Å². The zero-order valence-corrected chi connectivity index (χ0v) is 11.2. The molecule has 0 saturated carbocycles. The highest BCUT2D eigenvalue weighted by atomic mass is 16.1. The average molecular weight is 218 g/mol. The van der Waals surface area contributed by atoms with E-state index in [0.717, 1.165) is 6.29 Å². The molecular weight excluding hydrogens is 196 g/mol. The lowest BCUT2D eigenvalue weighted by atomic mass is 9.64. The summed E-state index contributed by atoms with van der Waals surface area (Å²) in [5.41, 5.74) is 5.14. The van der Waals surface area contributed by atoms with Crippen molar-refractivity contribution in [3.8, 4) is 0 Å². The molecule has 16 heavy (non-hydrogen) atoms. The molecule has 0 fully saturated rings. The van der Waals surface area contributed by atoms with Crippen molar-refractivity contribution in [2.24, 2.45) is 11.3 Å². The highest BCUT2D eigenvalue weighted by Gasteiger charge is 2.37. The van der Waals surface area contributed by atoms with E-state index in [1.165, 1.54) is 22.3 Å². The number of carbonyl (C=O) groups excluding carboxylic acids is 1. The number of carbonyl (C=O) groups is 1. The summed E-state index contributed by atoms with van der Waals surface area (Å²) in [5, 5.41) is 0. The summed E-state index contributed by atoms with van der Waals surface area (Å²) in [7, 11) is 0. The normalized spacial score (nSPS) is 24.8. The van der Waals surface area contributed by atoms with Gasteiger partial charge in [0.05, 0.1) is 5.92 Å². The van der Waals surface area contributed by atoms with Crippen LogP contribution in [-0.4, -0.2) is 6.29 Å². The van der Waals surface area contributed by atoms with Crippen LogP contribution in [-0.2, 0) is 4.79 Å². The molecule has 1 atom stereocenters. The van der Waals surface area contributed by atoms with Gasteiger partial charge < -0.3 is 4.79 Å². The number of rotatable bonds is 2. The van der Waals surface area contributed by atoms with Crippen LogP contribution in [0.1, 0.15) is 41.5 Å². The SMILES string of the molecule is C/C=C(C)/C=C1\C(C(C)(C)C)=C(C)C1C=O. The van der Waals surface area contributed by atoms with Crippen LogP contribution in [0.3, 0.4) is 0 Å². The number of hydrogen-bond donors (Lipinski definition) is 0. The predicted molar refractivity (Wildman–Crippen MR) is 69.2 cm³/mol. The van der Waals surface area contributed by atoms with Crippen molar-refractivity contribution in [2.75, 3.05) is 0 Å². The van der Waals surface area contributed by atoms with Gasteiger partial charge in [0.15, 0.2) is 0 Å². The molecular formula is C15H22O. The van der Waals surface area contributed by atoms with Crippen molar-refractivity contribution in [2.45, 2.75) is 41.5 Å². The molecule has 0 aromatic heterocycles. The molecule has 1 aliphatic carbocycles. The van der Waals surface area contributed by atoms with Crippen molar-refractivity contribution in [1.82, 2.24) is 0 Å². The molecule has 0 amide bonds. The third-order valence-electron chi connectivity index (χ3n) is 3.21. The molecule has 0 heterocycles. The van der Waals surface area contributed by atoms with Gasteiger partial charge in [-0.05, 0) is 37.3 Å². The minimum absolute atomic E-state index is 0.0177. The Hall–Kier alpha value is -1.11. The lowest BCUT2D eigenvalue weighted by Crippen LogP contribution is -2.30. The molecule has 0 radical (unpaired) electrons. The summed E-state index contributed by atoms with van der Waals surface area (Å²) < 4.78 is 0. The van der Waals surface area contributed by atoms with Gasteiger partial charge in [-0.3, -0.25) is 0 Å². The smallest absolute Gasteiger partial charge is 0.131 e. The Labute approximate surface area is 98.9 Å². The van der Waals surface area contributed by atoms with Crippen LogP contribution >= 0.6 is 0 Å². The lowest BCUT2D eigenvalue weighted by Gasteiger charge is -2.40. The fourth-order valence-electron chi connectivity index (χ4n) is 2.38. The largest absolute Gasteiger partial charge is 0.302 e. The average Bonchev–Trinajstić information content (AvgIpc) is 2.15. The van der Waals surface area contributed by atoms with Gasteiger partial charge in [-0.15, -0.1) is 0 Å². The van der Waals surface area contributed by atoms with Crippen LogP contribution in [0.5, 0.6) is 0 Å². The molecule has 0 N–H and O–H groups in total. The maximum Gasteiger partial charge on any atom is 0.131 e. The summed E-state index contributed by atoms with van der Waals surface area (Å²) in [6.45, 7) is 12.8. The summed E-state index contributed by atoms with van der Waals surface area (Å²) in [6.07, 6.45) is 5.27. The molecule has 1 aliphatic rings. The molecule has 88 valence electrons. The molecule has 0 bridgehead atoms. The summed E-state index contributed by atoms with van der Waals surface area (Å²) in [6, 6.07) is 0. The maximum absolute atomic E-state index is 11.1. The van der Waals surface area contributed by atoms with Gasteiger partial charge in [0.25, 0.3) is 0 Å². The molecule has 0 aromatic carbocycles. The topological polar surface area (TPSA) is 17.1 Å². The number of allylic oxidation sites excluding steroid dienone is 6. The standard InChI is InChI=1S/C15H22O/c1-7-10(2)8-12-13(9-16)11(3)14(12)15(4,5)6/h7-9,13H,1-6H3/b10-7+,12-8-. The zero-order chi connectivity index (χ0) is 12.5. The highest BCUT2D eigenvalue weighted by molar-refractivity contribution is 5.75. The van der Waals surface area contributed by atoms with E-state index < -0.39 is 0 Å². The van der Waals surface area contributed by atoms with Crippen molar-refractivity contribution >= 4 is 6.29 Å². The van der Waals surface area contributed by atoms with Crippen molar-refractivity contribution < 1.29 is 4.79 Å². The predicted octanol–water partition coefficient (Wildman–Crippen LogP) is 4.07. The Kier molecular flexibility index (Phi) is 3.57. The van der Waals surface area contributed by atoms with Crippen LogP contribution in [0.25, 0.3) is 0 Å². The van der Waals surface area contributed by atoms with E-state index in [1.807, 2.05) is 6.92 Å². The van der Waals surface area contributed by atoms with Crippen LogP contribution in [0.4, 0.5) is 0 Å². The monoisotopic (exact) mass is 218 g/mol. The van der Waals surface area contributed by atoms with Gasteiger partial charge in [-0.25, -0.2) is 0 Å². The van der Waals surface area contributed by atoms with Crippen LogP contribution in [0, 0.1) is 11.3 Å². The molecule has 0 aliphatic heterocycles. The van der Waals surface area contributed by atoms with Crippen molar-refractivity contribution in [1.29, 1.82) is 0 Å². The first-order chi connectivity index (χ1) is 7.32. The second kappa shape index (κ2) is 4.40. The van der Waals surface area contributed by atoms with E-state index in [9.17, 15) is 4.79 Å². The zero-order valence-electron chi connectivity index (χ0n) is 11.2. The molecule has 0 aromatic rings. The van der Waals surface area contributed by atoms with E-state index in [1.54, 1.807) is 0 Å². The first-order valence-corrected chi connectivity index (χ1v) is 5.84. The van der Waals surface area contributed by atoms with Crippen LogP contribution in [0.15, 0.2) is 34.4 Å². The molecule has 1 rings (SSSR count). The number of aldehydes is 1. The summed E-state index contributed by atoms with van der Waals surface area (Å²) in [5.74, 6) is 0.0177. The van der Waals surface area contributed by atoms with E-state index >= 15 is 0 Å². The third kappa shape index (κ3) is 2.18. The fraction of sp³-hybridized carbons (Fsp3) is 0.533. The lowest BCUT2D eigenvalue weighted by molar-refractivity contribution is -0.109. The first kappa shape index (κ1) is 13.0. The van der Waals surface area contributed by atoms with Gasteiger partial charge >= 0.3 is 0 Å². The Morgan fingerprint density at radius 2 is 1.88 bits per heavy atom. The van der Waals surface area contributed by atoms with Crippen LogP contribution in [0.2, 0.25) is 0 Å². The van der Waals surface area contributed by atoms with Gasteiger partial charge in [0.1, 0.15) is 6.29 Å². The molecule has 1 unspecified atom stereocenters. The second-order valence-corrected chi connectivity index (χ2v) is 5.55. The van der Waals surface area contributed by atoms with Gasteiger partial charge in [-0.1, -0.05) is 44.1 Å². The minimum Gasteiger partial charge on any atom is -0.302 e. The maximum atomic E-state index is 11.1. The van der Waals surface area contributed by atoms with Crippen molar-refractivity contribution in [3.63, 3.8) is 0 Å². The van der Waals surface area contributed by atoms with E-state index in [4.69, 9.17) is 0 Å². The molecule has 1 heteroatoms.